The largest absolute Gasteiger partial charge is 0.493 e. The quantitative estimate of drug-likeness (QED) is 0.634. The lowest BCUT2D eigenvalue weighted by atomic mass is 10.2. The van der Waals surface area contributed by atoms with Crippen LogP contribution in [0.3, 0.4) is 0 Å². The number of benzene rings is 2. The second-order valence-electron chi connectivity index (χ2n) is 4.82. The van der Waals surface area contributed by atoms with Crippen molar-refractivity contribution in [3.63, 3.8) is 0 Å². The number of anilines is 1. The van der Waals surface area contributed by atoms with Gasteiger partial charge in [-0.3, -0.25) is 14.9 Å². The number of amides is 1. The molecule has 0 spiro atoms. The molecule has 7 nitrogen and oxygen atoms in total. The van der Waals surface area contributed by atoms with Crippen LogP contribution in [0.15, 0.2) is 42.5 Å². The minimum absolute atomic E-state index is 0.00341. The van der Waals surface area contributed by atoms with Gasteiger partial charge in [0.05, 0.1) is 12.0 Å². The van der Waals surface area contributed by atoms with Crippen LogP contribution in [0.1, 0.15) is 6.92 Å². The van der Waals surface area contributed by atoms with Crippen molar-refractivity contribution in [2.45, 2.75) is 13.0 Å². The predicted molar refractivity (Wildman–Crippen MR) is 89.8 cm³/mol. The molecule has 0 radical (unpaired) electrons. The summed E-state index contributed by atoms with van der Waals surface area (Å²) in [6.45, 7) is 1.56. The number of hydrogen-bond donors (Lipinski definition) is 1. The fraction of sp³-hybridized carbons (Fsp3) is 0.188. The zero-order valence-corrected chi connectivity index (χ0v) is 13.7. The maximum Gasteiger partial charge on any atom is 0.289 e. The highest BCUT2D eigenvalue weighted by Crippen LogP contribution is 2.29. The highest BCUT2D eigenvalue weighted by Gasteiger charge is 2.19. The molecule has 0 aromatic heterocycles. The normalized spacial score (nSPS) is 11.5. The molecule has 2 aromatic carbocycles. The molecule has 24 heavy (non-hydrogen) atoms. The van der Waals surface area contributed by atoms with Gasteiger partial charge in [0.2, 0.25) is 0 Å². The first-order valence-corrected chi connectivity index (χ1v) is 7.34. The second-order valence-corrected chi connectivity index (χ2v) is 5.23. The van der Waals surface area contributed by atoms with E-state index >= 15 is 0 Å². The van der Waals surface area contributed by atoms with Crippen molar-refractivity contribution in [3.8, 4) is 11.5 Å². The van der Waals surface area contributed by atoms with Gasteiger partial charge in [-0.05, 0) is 31.2 Å². The molecule has 1 amide bonds. The van der Waals surface area contributed by atoms with Crippen LogP contribution in [0.4, 0.5) is 11.4 Å². The average Bonchev–Trinajstić information content (AvgIpc) is 2.56. The molecule has 2 rings (SSSR count). The Bertz CT molecular complexity index is 766. The Kier molecular flexibility index (Phi) is 5.59. The van der Waals surface area contributed by atoms with Gasteiger partial charge in [-0.25, -0.2) is 0 Å². The highest BCUT2D eigenvalue weighted by atomic mass is 35.5. The third-order valence-electron chi connectivity index (χ3n) is 3.15. The summed E-state index contributed by atoms with van der Waals surface area (Å²) in [4.78, 5) is 22.5. The number of methoxy groups -OCH3 is 1. The molecule has 0 heterocycles. The van der Waals surface area contributed by atoms with Crippen molar-refractivity contribution in [3.05, 3.63) is 57.6 Å². The van der Waals surface area contributed by atoms with Gasteiger partial charge < -0.3 is 14.8 Å². The summed E-state index contributed by atoms with van der Waals surface area (Å²) in [5, 5.41) is 13.4. The Morgan fingerprint density at radius 2 is 1.92 bits per heavy atom. The lowest BCUT2D eigenvalue weighted by Gasteiger charge is -2.16. The molecule has 8 heteroatoms. The second kappa shape index (κ2) is 7.65. The van der Waals surface area contributed by atoms with E-state index in [1.165, 1.54) is 25.3 Å². The number of carbonyl (C=O) groups is 1. The molecule has 0 fully saturated rings. The number of nitro groups is 1. The number of nitrogens with zero attached hydrogens (tertiary/aromatic N) is 1. The van der Waals surface area contributed by atoms with Gasteiger partial charge in [0, 0.05) is 11.8 Å². The number of nitrogens with one attached hydrogen (secondary N) is 1. The first-order valence-electron chi connectivity index (χ1n) is 6.97. The third kappa shape index (κ3) is 4.14. The lowest BCUT2D eigenvalue weighted by molar-refractivity contribution is -0.384. The summed E-state index contributed by atoms with van der Waals surface area (Å²) in [7, 11) is 1.50. The Labute approximate surface area is 143 Å². The SMILES string of the molecule is COc1ccccc1OC(C)C(=O)Nc1ccc(Cl)c([N+](=O)[O-])c1. The highest BCUT2D eigenvalue weighted by molar-refractivity contribution is 6.32. The van der Waals surface area contributed by atoms with Crippen molar-refractivity contribution in [1.29, 1.82) is 0 Å². The van der Waals surface area contributed by atoms with Crippen LogP contribution < -0.4 is 14.8 Å². The van der Waals surface area contributed by atoms with Crippen molar-refractivity contribution in [2.24, 2.45) is 0 Å². The number of ether oxygens (including phenoxy) is 2. The minimum Gasteiger partial charge on any atom is -0.493 e. The number of halogens is 1. The summed E-state index contributed by atoms with van der Waals surface area (Å²) in [6.07, 6.45) is -0.837. The Morgan fingerprint density at radius 3 is 2.54 bits per heavy atom. The van der Waals surface area contributed by atoms with Gasteiger partial charge in [-0.15, -0.1) is 0 Å². The summed E-state index contributed by atoms with van der Waals surface area (Å²) >= 11 is 5.74. The van der Waals surface area contributed by atoms with Crippen LogP contribution in [0.5, 0.6) is 11.5 Å². The fourth-order valence-electron chi connectivity index (χ4n) is 1.93. The van der Waals surface area contributed by atoms with E-state index in [4.69, 9.17) is 21.1 Å². The smallest absolute Gasteiger partial charge is 0.289 e. The van der Waals surface area contributed by atoms with E-state index in [9.17, 15) is 14.9 Å². The van der Waals surface area contributed by atoms with Gasteiger partial charge in [-0.2, -0.15) is 0 Å². The summed E-state index contributed by atoms with van der Waals surface area (Å²) in [6, 6.07) is 10.9. The fourth-order valence-corrected chi connectivity index (χ4v) is 2.12. The van der Waals surface area contributed by atoms with E-state index < -0.39 is 16.9 Å². The Morgan fingerprint density at radius 1 is 1.25 bits per heavy atom. The van der Waals surface area contributed by atoms with E-state index in [1.54, 1.807) is 31.2 Å². The van der Waals surface area contributed by atoms with Crippen molar-refractivity contribution in [2.75, 3.05) is 12.4 Å². The van der Waals surface area contributed by atoms with Gasteiger partial charge in [0.1, 0.15) is 5.02 Å². The van der Waals surface area contributed by atoms with Crippen LogP contribution in [0.25, 0.3) is 0 Å². The van der Waals surface area contributed by atoms with Crippen LogP contribution in [0.2, 0.25) is 5.02 Å². The maximum absolute atomic E-state index is 12.2. The average molecular weight is 351 g/mol. The molecule has 1 unspecified atom stereocenters. The molecule has 126 valence electrons. The van der Waals surface area contributed by atoms with E-state index in [-0.39, 0.29) is 16.4 Å². The number of carbonyl (C=O) groups excluding carboxylic acids is 1. The lowest BCUT2D eigenvalue weighted by Crippen LogP contribution is -2.30. The predicted octanol–water partition coefficient (Wildman–Crippen LogP) is 3.66. The molecule has 1 atom stereocenters. The zero-order valence-electron chi connectivity index (χ0n) is 13.0. The molecule has 0 saturated heterocycles. The van der Waals surface area contributed by atoms with Gasteiger partial charge in [0.15, 0.2) is 17.6 Å². The third-order valence-corrected chi connectivity index (χ3v) is 3.47. The number of nitro benzene ring substituents is 1. The number of rotatable bonds is 6. The molecule has 2 aromatic rings. The van der Waals surface area contributed by atoms with E-state index in [0.29, 0.717) is 11.5 Å². The van der Waals surface area contributed by atoms with Crippen molar-refractivity contribution in [1.82, 2.24) is 0 Å². The monoisotopic (exact) mass is 350 g/mol. The molecular weight excluding hydrogens is 336 g/mol. The summed E-state index contributed by atoms with van der Waals surface area (Å²) < 4.78 is 10.7. The maximum atomic E-state index is 12.2. The van der Waals surface area contributed by atoms with E-state index in [1.807, 2.05) is 0 Å². The van der Waals surface area contributed by atoms with E-state index in [2.05, 4.69) is 5.32 Å². The van der Waals surface area contributed by atoms with E-state index in [0.717, 1.165) is 0 Å². The van der Waals surface area contributed by atoms with Gasteiger partial charge in [0.25, 0.3) is 11.6 Å². The molecular formula is C16H15ClN2O5. The molecule has 1 N–H and O–H groups in total. The first kappa shape index (κ1) is 17.6. The van der Waals surface area contributed by atoms with Crippen LogP contribution in [-0.4, -0.2) is 24.0 Å². The summed E-state index contributed by atoms with van der Waals surface area (Å²) in [5.41, 5.74) is -0.0284. The van der Waals surface area contributed by atoms with Crippen LogP contribution >= 0.6 is 11.6 Å². The first-order chi connectivity index (χ1) is 11.4. The zero-order chi connectivity index (χ0) is 17.7. The molecule has 0 aliphatic rings. The molecule has 0 aliphatic carbocycles. The molecule has 0 aliphatic heterocycles. The molecule has 0 saturated carbocycles. The topological polar surface area (TPSA) is 90.7 Å². The van der Waals surface area contributed by atoms with Crippen LogP contribution in [-0.2, 0) is 4.79 Å². The Hall–Kier alpha value is -2.80. The van der Waals surface area contributed by atoms with Crippen molar-refractivity contribution >= 4 is 28.9 Å². The summed E-state index contributed by atoms with van der Waals surface area (Å²) in [5.74, 6) is 0.460. The standard InChI is InChI=1S/C16H15ClN2O5/c1-10(24-15-6-4-3-5-14(15)23-2)16(20)18-11-7-8-12(17)13(9-11)19(21)22/h3-10H,1-2H3,(H,18,20). The van der Waals surface area contributed by atoms with Crippen molar-refractivity contribution < 1.29 is 19.2 Å². The van der Waals surface area contributed by atoms with Gasteiger partial charge in [-0.1, -0.05) is 23.7 Å². The van der Waals surface area contributed by atoms with Crippen LogP contribution in [0, 0.1) is 10.1 Å². The van der Waals surface area contributed by atoms with Gasteiger partial charge >= 0.3 is 0 Å². The number of para-hydroxylation sites is 2. The minimum atomic E-state index is -0.837. The molecule has 0 bridgehead atoms. The number of hydrogen-bond acceptors (Lipinski definition) is 5. The Balaban J connectivity index is 2.09.